The highest BCUT2D eigenvalue weighted by molar-refractivity contribution is 5.10. The van der Waals surface area contributed by atoms with Crippen molar-refractivity contribution in [2.75, 3.05) is 7.11 Å². The minimum absolute atomic E-state index is 0.0313. The maximum atomic E-state index is 9.81. The van der Waals surface area contributed by atoms with E-state index in [1.165, 1.54) is 12.8 Å². The first kappa shape index (κ1) is 11.0. The summed E-state index contributed by atoms with van der Waals surface area (Å²) in [6, 6.07) is 0. The van der Waals surface area contributed by atoms with Gasteiger partial charge in [0, 0.05) is 7.11 Å². The zero-order valence-corrected chi connectivity index (χ0v) is 9.17. The predicted molar refractivity (Wildman–Crippen MR) is 53.4 cm³/mol. The number of rotatable bonds is 0. The molecule has 2 aliphatic carbocycles. The first-order chi connectivity index (χ1) is 5.98. The lowest BCUT2D eigenvalue weighted by molar-refractivity contribution is 0.0126. The second-order valence-corrected chi connectivity index (χ2v) is 5.13. The number of hydrogen-bond donors (Lipinski definition) is 2. The lowest BCUT2D eigenvalue weighted by atomic mass is 9.70. The highest BCUT2D eigenvalue weighted by Gasteiger charge is 2.60. The third-order valence-corrected chi connectivity index (χ3v) is 4.75. The molecule has 0 saturated heterocycles. The average molecular weight is 186 g/mol. The van der Waals surface area contributed by atoms with Crippen LogP contribution in [0.25, 0.3) is 0 Å². The van der Waals surface area contributed by atoms with Gasteiger partial charge in [-0.2, -0.15) is 0 Å². The molecule has 2 heteroatoms. The lowest BCUT2D eigenvalue weighted by Crippen LogP contribution is -2.35. The summed E-state index contributed by atoms with van der Waals surface area (Å²) in [4.78, 5) is 0. The molecule has 0 aromatic carbocycles. The monoisotopic (exact) mass is 186 g/mol. The highest BCUT2D eigenvalue weighted by Crippen LogP contribution is 2.65. The van der Waals surface area contributed by atoms with Gasteiger partial charge in [-0.3, -0.25) is 0 Å². The van der Waals surface area contributed by atoms with Crippen molar-refractivity contribution < 1.29 is 10.2 Å². The van der Waals surface area contributed by atoms with Crippen molar-refractivity contribution in [3.05, 3.63) is 0 Å². The molecule has 2 saturated carbocycles. The lowest BCUT2D eigenvalue weighted by Gasteiger charge is -2.36. The second kappa shape index (κ2) is 3.25. The quantitative estimate of drug-likeness (QED) is 0.605. The van der Waals surface area contributed by atoms with Gasteiger partial charge in [0.2, 0.25) is 0 Å². The Hall–Kier alpha value is -0.0800. The fourth-order valence-corrected chi connectivity index (χ4v) is 3.16. The maximum Gasteiger partial charge on any atom is 0.0601 e. The molecule has 0 spiro atoms. The van der Waals surface area contributed by atoms with Crippen LogP contribution in [0, 0.1) is 16.7 Å². The molecule has 2 fully saturated rings. The zero-order chi connectivity index (χ0) is 10.3. The molecule has 0 aliphatic heterocycles. The normalized spacial score (nSPS) is 45.7. The van der Waals surface area contributed by atoms with Crippen LogP contribution in [0.1, 0.15) is 40.0 Å². The van der Waals surface area contributed by atoms with Crippen molar-refractivity contribution in [3.8, 4) is 0 Å². The van der Waals surface area contributed by atoms with Gasteiger partial charge in [0.25, 0.3) is 0 Å². The molecule has 13 heavy (non-hydrogen) atoms. The van der Waals surface area contributed by atoms with Crippen LogP contribution in [-0.2, 0) is 0 Å². The van der Waals surface area contributed by atoms with E-state index in [9.17, 15) is 5.11 Å². The Morgan fingerprint density at radius 3 is 1.85 bits per heavy atom. The zero-order valence-electron chi connectivity index (χ0n) is 9.17. The molecule has 78 valence electrons. The molecule has 0 unspecified atom stereocenters. The van der Waals surface area contributed by atoms with Crippen LogP contribution in [0.15, 0.2) is 0 Å². The topological polar surface area (TPSA) is 40.5 Å². The average Bonchev–Trinajstić information content (AvgIpc) is 2.41. The molecule has 2 N–H and O–H groups in total. The Morgan fingerprint density at radius 1 is 1.15 bits per heavy atom. The molecule has 2 bridgehead atoms. The summed E-state index contributed by atoms with van der Waals surface area (Å²) in [7, 11) is 1.00. The molecule has 0 radical (unpaired) electrons. The molecule has 3 atom stereocenters. The van der Waals surface area contributed by atoms with Crippen LogP contribution in [-0.4, -0.2) is 23.4 Å². The van der Waals surface area contributed by atoms with E-state index in [2.05, 4.69) is 20.8 Å². The van der Waals surface area contributed by atoms with Crippen LogP contribution < -0.4 is 0 Å². The third-order valence-electron chi connectivity index (χ3n) is 4.75. The smallest absolute Gasteiger partial charge is 0.0601 e. The van der Waals surface area contributed by atoms with Gasteiger partial charge in [0.05, 0.1) is 6.10 Å². The van der Waals surface area contributed by atoms with E-state index in [0.29, 0.717) is 5.41 Å². The summed E-state index contributed by atoms with van der Waals surface area (Å²) >= 11 is 0. The van der Waals surface area contributed by atoms with Crippen molar-refractivity contribution in [3.63, 3.8) is 0 Å². The van der Waals surface area contributed by atoms with Gasteiger partial charge < -0.3 is 10.2 Å². The van der Waals surface area contributed by atoms with Crippen molar-refractivity contribution in [1.29, 1.82) is 0 Å². The molecular formula is C11H22O2. The Kier molecular flexibility index (Phi) is 2.75. The van der Waals surface area contributed by atoms with E-state index in [0.717, 1.165) is 19.4 Å². The van der Waals surface area contributed by atoms with Crippen LogP contribution in [0.4, 0.5) is 0 Å². The molecule has 0 amide bonds. The van der Waals surface area contributed by atoms with E-state index in [1.807, 2.05) is 0 Å². The number of aliphatic hydroxyl groups excluding tert-OH is 2. The van der Waals surface area contributed by atoms with E-state index in [4.69, 9.17) is 5.11 Å². The Morgan fingerprint density at radius 2 is 1.69 bits per heavy atom. The van der Waals surface area contributed by atoms with E-state index < -0.39 is 0 Å². The number of hydrogen-bond acceptors (Lipinski definition) is 2. The molecule has 0 heterocycles. The minimum Gasteiger partial charge on any atom is -0.400 e. The first-order valence-electron chi connectivity index (χ1n) is 5.11. The third kappa shape index (κ3) is 1.23. The summed E-state index contributed by atoms with van der Waals surface area (Å²) in [6.45, 7) is 6.90. The Bertz CT molecular complexity index is 189. The Balaban J connectivity index is 0.000000396. The largest absolute Gasteiger partial charge is 0.400 e. The molecule has 2 rings (SSSR count). The van der Waals surface area contributed by atoms with Gasteiger partial charge >= 0.3 is 0 Å². The van der Waals surface area contributed by atoms with E-state index in [-0.39, 0.29) is 11.5 Å². The Labute approximate surface area is 81.0 Å². The van der Waals surface area contributed by atoms with Crippen LogP contribution in [0.3, 0.4) is 0 Å². The standard InChI is InChI=1S/C10H18O.CH4O/c1-9(2)7-4-5-10(9,3)8(11)6-7;1-2/h7-8,11H,4-6H2,1-3H3;2H,1H3/t7-,8+,10-;/m1./s1. The van der Waals surface area contributed by atoms with E-state index in [1.54, 1.807) is 0 Å². The fraction of sp³-hybridized carbons (Fsp3) is 1.00. The molecule has 2 nitrogen and oxygen atoms in total. The van der Waals surface area contributed by atoms with Crippen LogP contribution >= 0.6 is 0 Å². The van der Waals surface area contributed by atoms with Gasteiger partial charge in [0.1, 0.15) is 0 Å². The van der Waals surface area contributed by atoms with Gasteiger partial charge in [-0.05, 0) is 36.0 Å². The van der Waals surface area contributed by atoms with E-state index >= 15 is 0 Å². The summed E-state index contributed by atoms with van der Waals surface area (Å²) in [5.74, 6) is 0.780. The van der Waals surface area contributed by atoms with Crippen molar-refractivity contribution in [2.45, 2.75) is 46.1 Å². The van der Waals surface area contributed by atoms with Gasteiger partial charge in [0.15, 0.2) is 0 Å². The van der Waals surface area contributed by atoms with Gasteiger partial charge in [-0.1, -0.05) is 20.8 Å². The summed E-state index contributed by atoms with van der Waals surface area (Å²) < 4.78 is 0. The fourth-order valence-electron chi connectivity index (χ4n) is 3.16. The molecule has 0 aromatic rings. The molecule has 0 aromatic heterocycles. The van der Waals surface area contributed by atoms with Gasteiger partial charge in [-0.15, -0.1) is 0 Å². The highest BCUT2D eigenvalue weighted by atomic mass is 16.3. The number of fused-ring (bicyclic) bond motifs is 2. The van der Waals surface area contributed by atoms with Gasteiger partial charge in [-0.25, -0.2) is 0 Å². The maximum absolute atomic E-state index is 9.81. The van der Waals surface area contributed by atoms with Crippen molar-refractivity contribution in [1.82, 2.24) is 0 Å². The SMILES string of the molecule is CC1(C)[C@@H]2CC[C@]1(C)[C@@H](O)C2.CO. The van der Waals surface area contributed by atoms with Crippen LogP contribution in [0.5, 0.6) is 0 Å². The molecule has 2 aliphatic rings. The predicted octanol–water partition coefficient (Wildman–Crippen LogP) is 1.80. The number of aliphatic hydroxyl groups is 2. The first-order valence-corrected chi connectivity index (χ1v) is 5.11. The summed E-state index contributed by atoms with van der Waals surface area (Å²) in [6.07, 6.45) is 3.58. The second-order valence-electron chi connectivity index (χ2n) is 5.13. The molecular weight excluding hydrogens is 164 g/mol. The van der Waals surface area contributed by atoms with Crippen molar-refractivity contribution >= 4 is 0 Å². The minimum atomic E-state index is -0.0313. The van der Waals surface area contributed by atoms with Crippen molar-refractivity contribution in [2.24, 2.45) is 16.7 Å². The summed E-state index contributed by atoms with van der Waals surface area (Å²) in [5, 5.41) is 16.8. The van der Waals surface area contributed by atoms with Crippen LogP contribution in [0.2, 0.25) is 0 Å². The summed E-state index contributed by atoms with van der Waals surface area (Å²) in [5.41, 5.74) is 0.601.